The highest BCUT2D eigenvalue weighted by molar-refractivity contribution is 6.35. The maximum atomic E-state index is 12.1. The third-order valence-corrected chi connectivity index (χ3v) is 4.25. The predicted molar refractivity (Wildman–Crippen MR) is 97.6 cm³/mol. The molecule has 0 bridgehead atoms. The first-order chi connectivity index (χ1) is 12.5. The largest absolute Gasteiger partial charge is 0.415 e. The van der Waals surface area contributed by atoms with Crippen LogP contribution in [0.1, 0.15) is 26.7 Å². The highest BCUT2D eigenvalue weighted by Gasteiger charge is 2.25. The number of carbonyl (C=O) groups excluding carboxylic acids is 3. The Bertz CT molecular complexity index is 610. The van der Waals surface area contributed by atoms with Crippen molar-refractivity contribution < 1.29 is 19.1 Å². The molecule has 0 aliphatic carbocycles. The van der Waals surface area contributed by atoms with Crippen LogP contribution in [-0.2, 0) is 9.59 Å². The molecule has 2 rings (SSSR count). The van der Waals surface area contributed by atoms with E-state index in [1.807, 2.05) is 32.0 Å². The first kappa shape index (κ1) is 19.8. The van der Waals surface area contributed by atoms with Gasteiger partial charge in [-0.3, -0.25) is 9.59 Å². The number of benzene rings is 1. The molecule has 0 unspecified atom stereocenters. The van der Waals surface area contributed by atoms with Gasteiger partial charge in [0.25, 0.3) is 0 Å². The van der Waals surface area contributed by atoms with E-state index in [2.05, 4.69) is 10.6 Å². The number of nitrogens with one attached hydrogen (secondary N) is 2. The summed E-state index contributed by atoms with van der Waals surface area (Å²) in [6, 6.07) is 8.97. The quantitative estimate of drug-likeness (QED) is 0.783. The topological polar surface area (TPSA) is 87.7 Å². The molecule has 3 amide bonds. The molecule has 0 spiro atoms. The second-order valence-electron chi connectivity index (χ2n) is 6.93. The lowest BCUT2D eigenvalue weighted by atomic mass is 9.97. The lowest BCUT2D eigenvalue weighted by Crippen LogP contribution is -2.45. The summed E-state index contributed by atoms with van der Waals surface area (Å²) in [5.41, 5.74) is 0. The summed E-state index contributed by atoms with van der Waals surface area (Å²) >= 11 is 0. The molecule has 7 nitrogen and oxygen atoms in total. The maximum absolute atomic E-state index is 12.1. The number of ether oxygens (including phenoxy) is 1. The Morgan fingerprint density at radius 2 is 1.69 bits per heavy atom. The number of nitrogens with zero attached hydrogens (tertiary/aromatic N) is 1. The van der Waals surface area contributed by atoms with Crippen LogP contribution >= 0.6 is 0 Å². The van der Waals surface area contributed by atoms with E-state index in [1.54, 1.807) is 17.0 Å². The van der Waals surface area contributed by atoms with Crippen molar-refractivity contribution >= 4 is 17.9 Å². The number of carbonyl (C=O) groups is 3. The standard InChI is InChI=1S/C19H27N3O4/c1-14(2)12-20-17(23)18(24)21-13-15-8-10-22(11-9-15)19(25)26-16-6-4-3-5-7-16/h3-7,14-15H,8-13H2,1-2H3,(H,20,23)(H,21,24). The molecule has 1 fully saturated rings. The van der Waals surface area contributed by atoms with Gasteiger partial charge in [0.15, 0.2) is 0 Å². The zero-order chi connectivity index (χ0) is 18.9. The molecule has 0 atom stereocenters. The van der Waals surface area contributed by atoms with E-state index in [9.17, 15) is 14.4 Å². The first-order valence-corrected chi connectivity index (χ1v) is 9.03. The van der Waals surface area contributed by atoms with Crippen molar-refractivity contribution in [3.05, 3.63) is 30.3 Å². The van der Waals surface area contributed by atoms with Crippen LogP contribution in [0.4, 0.5) is 4.79 Å². The molecular weight excluding hydrogens is 334 g/mol. The fourth-order valence-corrected chi connectivity index (χ4v) is 2.67. The van der Waals surface area contributed by atoms with Gasteiger partial charge in [-0.15, -0.1) is 0 Å². The highest BCUT2D eigenvalue weighted by atomic mass is 16.6. The molecule has 1 saturated heterocycles. The van der Waals surface area contributed by atoms with E-state index in [-0.39, 0.29) is 12.0 Å². The summed E-state index contributed by atoms with van der Waals surface area (Å²) in [6.07, 6.45) is 1.17. The van der Waals surface area contributed by atoms with Gasteiger partial charge < -0.3 is 20.3 Å². The lowest BCUT2D eigenvalue weighted by molar-refractivity contribution is -0.139. The molecule has 0 saturated carbocycles. The van der Waals surface area contributed by atoms with Crippen LogP contribution in [0.25, 0.3) is 0 Å². The van der Waals surface area contributed by atoms with Crippen molar-refractivity contribution in [1.29, 1.82) is 0 Å². The van der Waals surface area contributed by atoms with Gasteiger partial charge in [0.05, 0.1) is 0 Å². The van der Waals surface area contributed by atoms with Crippen molar-refractivity contribution in [1.82, 2.24) is 15.5 Å². The minimum atomic E-state index is -0.600. The van der Waals surface area contributed by atoms with Crippen molar-refractivity contribution in [2.75, 3.05) is 26.2 Å². The maximum Gasteiger partial charge on any atom is 0.415 e. The van der Waals surface area contributed by atoms with Gasteiger partial charge in [0, 0.05) is 26.2 Å². The Hall–Kier alpha value is -2.57. The van der Waals surface area contributed by atoms with E-state index in [4.69, 9.17) is 4.74 Å². The summed E-state index contributed by atoms with van der Waals surface area (Å²) in [7, 11) is 0. The smallest absolute Gasteiger partial charge is 0.410 e. The van der Waals surface area contributed by atoms with E-state index in [0.717, 1.165) is 12.8 Å². The second kappa shape index (κ2) is 9.79. The van der Waals surface area contributed by atoms with Gasteiger partial charge in [0.2, 0.25) is 0 Å². The normalized spacial score (nSPS) is 14.8. The SMILES string of the molecule is CC(C)CNC(=O)C(=O)NCC1CCN(C(=O)Oc2ccccc2)CC1. The molecule has 142 valence electrons. The lowest BCUT2D eigenvalue weighted by Gasteiger charge is -2.31. The number of amides is 3. The van der Waals surface area contributed by atoms with Gasteiger partial charge in [0.1, 0.15) is 5.75 Å². The summed E-state index contributed by atoms with van der Waals surface area (Å²) in [5, 5.41) is 5.27. The fourth-order valence-electron chi connectivity index (χ4n) is 2.67. The van der Waals surface area contributed by atoms with Gasteiger partial charge in [-0.1, -0.05) is 32.0 Å². The fraction of sp³-hybridized carbons (Fsp3) is 0.526. The van der Waals surface area contributed by atoms with Crippen LogP contribution < -0.4 is 15.4 Å². The van der Waals surface area contributed by atoms with Gasteiger partial charge >= 0.3 is 17.9 Å². The average Bonchev–Trinajstić information content (AvgIpc) is 2.65. The van der Waals surface area contributed by atoms with Crippen LogP contribution in [0.15, 0.2) is 30.3 Å². The number of rotatable bonds is 5. The number of para-hydroxylation sites is 1. The van der Waals surface area contributed by atoms with E-state index in [1.165, 1.54) is 0 Å². The van der Waals surface area contributed by atoms with Gasteiger partial charge in [-0.25, -0.2) is 4.79 Å². The molecular formula is C19H27N3O4. The summed E-state index contributed by atoms with van der Waals surface area (Å²) in [6.45, 7) is 6.00. The molecule has 0 radical (unpaired) electrons. The number of piperidine rings is 1. The zero-order valence-corrected chi connectivity index (χ0v) is 15.4. The Morgan fingerprint density at radius 3 is 2.31 bits per heavy atom. The number of likely N-dealkylation sites (tertiary alicyclic amines) is 1. The highest BCUT2D eigenvalue weighted by Crippen LogP contribution is 2.18. The van der Waals surface area contributed by atoms with E-state index in [0.29, 0.717) is 37.8 Å². The predicted octanol–water partition coefficient (Wildman–Crippen LogP) is 1.79. The first-order valence-electron chi connectivity index (χ1n) is 9.03. The van der Waals surface area contributed by atoms with E-state index >= 15 is 0 Å². The molecule has 7 heteroatoms. The molecule has 1 heterocycles. The van der Waals surface area contributed by atoms with Crippen LogP contribution in [-0.4, -0.2) is 49.0 Å². The summed E-state index contributed by atoms with van der Waals surface area (Å²) < 4.78 is 5.33. The van der Waals surface area contributed by atoms with Gasteiger partial charge in [-0.2, -0.15) is 0 Å². The number of hydrogen-bond acceptors (Lipinski definition) is 4. The van der Waals surface area contributed by atoms with Crippen LogP contribution in [0.5, 0.6) is 5.75 Å². The van der Waals surface area contributed by atoms with Gasteiger partial charge in [-0.05, 0) is 36.8 Å². The molecule has 2 N–H and O–H groups in total. The molecule has 0 aromatic heterocycles. The minimum absolute atomic E-state index is 0.248. The molecule has 1 aliphatic rings. The third kappa shape index (κ3) is 6.38. The Balaban J connectivity index is 1.67. The Morgan fingerprint density at radius 1 is 1.08 bits per heavy atom. The third-order valence-electron chi connectivity index (χ3n) is 4.25. The summed E-state index contributed by atoms with van der Waals surface area (Å²) in [4.78, 5) is 37.2. The average molecular weight is 361 g/mol. The van der Waals surface area contributed by atoms with Crippen molar-refractivity contribution in [3.63, 3.8) is 0 Å². The minimum Gasteiger partial charge on any atom is -0.410 e. The van der Waals surface area contributed by atoms with Crippen molar-refractivity contribution in [2.24, 2.45) is 11.8 Å². The second-order valence-corrected chi connectivity index (χ2v) is 6.93. The Kier molecular flexibility index (Phi) is 7.44. The molecule has 26 heavy (non-hydrogen) atoms. The molecule has 1 aromatic carbocycles. The monoisotopic (exact) mass is 361 g/mol. The van der Waals surface area contributed by atoms with Crippen LogP contribution in [0, 0.1) is 11.8 Å². The Labute approximate surface area is 154 Å². The zero-order valence-electron chi connectivity index (χ0n) is 15.4. The van der Waals surface area contributed by atoms with Crippen LogP contribution in [0.3, 0.4) is 0 Å². The van der Waals surface area contributed by atoms with Crippen molar-refractivity contribution in [2.45, 2.75) is 26.7 Å². The molecule has 1 aromatic rings. The molecule has 1 aliphatic heterocycles. The summed E-state index contributed by atoms with van der Waals surface area (Å²) in [5.74, 6) is -0.122. The van der Waals surface area contributed by atoms with E-state index < -0.39 is 11.8 Å². The number of hydrogen-bond donors (Lipinski definition) is 2. The van der Waals surface area contributed by atoms with Crippen LogP contribution in [0.2, 0.25) is 0 Å². The van der Waals surface area contributed by atoms with Crippen molar-refractivity contribution in [3.8, 4) is 5.75 Å².